The molecule has 0 aliphatic carbocycles. The highest BCUT2D eigenvalue weighted by Crippen LogP contribution is 2.41. The number of allylic oxidation sites excluding steroid dienone is 1. The molecule has 28 heavy (non-hydrogen) atoms. The summed E-state index contributed by atoms with van der Waals surface area (Å²) in [5.41, 5.74) is 1.91. The minimum absolute atomic E-state index is 0.0333. The van der Waals surface area contributed by atoms with Gasteiger partial charge in [-0.05, 0) is 25.5 Å². The summed E-state index contributed by atoms with van der Waals surface area (Å²) in [6.45, 7) is 3.36. The van der Waals surface area contributed by atoms with Gasteiger partial charge < -0.3 is 19.5 Å². The number of methoxy groups -OCH3 is 1. The van der Waals surface area contributed by atoms with Crippen molar-refractivity contribution in [2.24, 2.45) is 0 Å². The number of nitrogens with zero attached hydrogens (tertiary/aromatic N) is 1. The van der Waals surface area contributed by atoms with Gasteiger partial charge in [0.15, 0.2) is 0 Å². The second-order valence-electron chi connectivity index (χ2n) is 5.87. The van der Waals surface area contributed by atoms with Crippen LogP contribution in [-0.2, 0) is 23.8 Å². The molecule has 0 bridgehead atoms. The van der Waals surface area contributed by atoms with Crippen LogP contribution in [0.1, 0.15) is 25.3 Å². The third kappa shape index (κ3) is 4.53. The highest BCUT2D eigenvalue weighted by atomic mass is 35.5. The molecule has 1 N–H and O–H groups in total. The first kappa shape index (κ1) is 21.5. The molecule has 1 aromatic carbocycles. The first-order chi connectivity index (χ1) is 13.5. The molecule has 1 atom stereocenters. The van der Waals surface area contributed by atoms with E-state index in [0.717, 1.165) is 0 Å². The Morgan fingerprint density at radius 2 is 1.96 bits per heavy atom. The molecule has 1 aromatic rings. The van der Waals surface area contributed by atoms with Crippen LogP contribution in [0.3, 0.4) is 0 Å². The average molecular weight is 405 g/mol. The number of rotatable bonds is 7. The molecular formula is C20H21ClN2O5. The molecule has 8 heteroatoms. The van der Waals surface area contributed by atoms with Crippen LogP contribution < -0.4 is 5.32 Å². The van der Waals surface area contributed by atoms with Crippen molar-refractivity contribution >= 4 is 23.5 Å². The summed E-state index contributed by atoms with van der Waals surface area (Å²) < 4.78 is 15.5. The Morgan fingerprint density at radius 1 is 1.25 bits per heavy atom. The summed E-state index contributed by atoms with van der Waals surface area (Å²) in [5, 5.41) is 12.1. The SMILES string of the molecule is CCOC(=O)C1=C(COCC#N)NC(C)=C(C(=O)OC)C1c1ccccc1Cl. The molecule has 0 saturated heterocycles. The van der Waals surface area contributed by atoms with Crippen LogP contribution in [0.5, 0.6) is 0 Å². The minimum atomic E-state index is -0.804. The van der Waals surface area contributed by atoms with Crippen molar-refractivity contribution < 1.29 is 23.8 Å². The molecule has 0 fully saturated rings. The van der Waals surface area contributed by atoms with Crippen LogP contribution in [-0.4, -0.2) is 38.9 Å². The van der Waals surface area contributed by atoms with Crippen molar-refractivity contribution in [3.05, 3.63) is 57.4 Å². The normalized spacial score (nSPS) is 16.3. The number of benzene rings is 1. The molecule has 1 aliphatic heterocycles. The fourth-order valence-electron chi connectivity index (χ4n) is 3.06. The third-order valence-corrected chi connectivity index (χ3v) is 4.52. The van der Waals surface area contributed by atoms with Crippen LogP contribution in [0.15, 0.2) is 46.8 Å². The molecule has 0 radical (unpaired) electrons. The van der Waals surface area contributed by atoms with Gasteiger partial charge in [0.1, 0.15) is 6.61 Å². The van der Waals surface area contributed by atoms with E-state index in [0.29, 0.717) is 22.0 Å². The van der Waals surface area contributed by atoms with Crippen LogP contribution in [0.2, 0.25) is 5.02 Å². The van der Waals surface area contributed by atoms with Crippen LogP contribution in [0.25, 0.3) is 0 Å². The molecule has 1 unspecified atom stereocenters. The zero-order chi connectivity index (χ0) is 20.7. The lowest BCUT2D eigenvalue weighted by atomic mass is 9.80. The maximum atomic E-state index is 12.8. The van der Waals surface area contributed by atoms with Gasteiger partial charge in [0.05, 0.1) is 49.2 Å². The zero-order valence-electron chi connectivity index (χ0n) is 15.9. The maximum Gasteiger partial charge on any atom is 0.336 e. The van der Waals surface area contributed by atoms with Gasteiger partial charge in [-0.15, -0.1) is 0 Å². The van der Waals surface area contributed by atoms with Crippen molar-refractivity contribution in [2.45, 2.75) is 19.8 Å². The fourth-order valence-corrected chi connectivity index (χ4v) is 3.30. The topological polar surface area (TPSA) is 97.6 Å². The molecule has 0 saturated carbocycles. The van der Waals surface area contributed by atoms with Gasteiger partial charge in [0.25, 0.3) is 0 Å². The number of halogens is 1. The average Bonchev–Trinajstić information content (AvgIpc) is 2.67. The van der Waals surface area contributed by atoms with E-state index in [4.69, 9.17) is 31.1 Å². The first-order valence-corrected chi connectivity index (χ1v) is 8.99. The van der Waals surface area contributed by atoms with Crippen LogP contribution in [0, 0.1) is 11.3 Å². The number of hydrogen-bond donors (Lipinski definition) is 1. The van der Waals surface area contributed by atoms with Gasteiger partial charge in [-0.25, -0.2) is 9.59 Å². The number of nitrogens with one attached hydrogen (secondary N) is 1. The smallest absolute Gasteiger partial charge is 0.336 e. The molecule has 1 heterocycles. The second kappa shape index (κ2) is 9.93. The molecule has 0 spiro atoms. The lowest BCUT2D eigenvalue weighted by Gasteiger charge is -2.31. The van der Waals surface area contributed by atoms with Gasteiger partial charge in [-0.3, -0.25) is 0 Å². The van der Waals surface area contributed by atoms with Crippen molar-refractivity contribution in [1.29, 1.82) is 5.26 Å². The lowest BCUT2D eigenvalue weighted by Crippen LogP contribution is -2.34. The third-order valence-electron chi connectivity index (χ3n) is 4.17. The van der Waals surface area contributed by atoms with Gasteiger partial charge in [-0.1, -0.05) is 29.8 Å². The summed E-state index contributed by atoms with van der Waals surface area (Å²) >= 11 is 6.40. The number of dihydropyridines is 1. The van der Waals surface area contributed by atoms with Crippen LogP contribution >= 0.6 is 11.6 Å². The van der Waals surface area contributed by atoms with Gasteiger partial charge >= 0.3 is 11.9 Å². The van der Waals surface area contributed by atoms with Gasteiger partial charge in [0.2, 0.25) is 0 Å². The van der Waals surface area contributed by atoms with Crippen molar-refractivity contribution in [3.8, 4) is 6.07 Å². The van der Waals surface area contributed by atoms with E-state index >= 15 is 0 Å². The van der Waals surface area contributed by atoms with E-state index in [1.165, 1.54) is 7.11 Å². The Balaban J connectivity index is 2.69. The summed E-state index contributed by atoms with van der Waals surface area (Å²) in [6.07, 6.45) is 0. The minimum Gasteiger partial charge on any atom is -0.466 e. The standard InChI is InChI=1S/C20H21ClN2O5/c1-4-28-20(25)18-15(11-27-10-9-22)23-12(2)16(19(24)26-3)17(18)13-7-5-6-8-14(13)21/h5-8,17,23H,4,10-11H2,1-3H3. The highest BCUT2D eigenvalue weighted by Gasteiger charge is 2.39. The van der Waals surface area contributed by atoms with Gasteiger partial charge in [0, 0.05) is 10.7 Å². The molecule has 0 amide bonds. The molecule has 0 aromatic heterocycles. The Hall–Kier alpha value is -2.82. The summed E-state index contributed by atoms with van der Waals surface area (Å²) in [4.78, 5) is 25.4. The second-order valence-corrected chi connectivity index (χ2v) is 6.28. The van der Waals surface area contributed by atoms with Crippen molar-refractivity contribution in [2.75, 3.05) is 26.9 Å². The highest BCUT2D eigenvalue weighted by molar-refractivity contribution is 6.31. The number of hydrogen-bond acceptors (Lipinski definition) is 7. The number of ether oxygens (including phenoxy) is 3. The van der Waals surface area contributed by atoms with Crippen molar-refractivity contribution in [3.63, 3.8) is 0 Å². The van der Waals surface area contributed by atoms with E-state index in [-0.39, 0.29) is 31.0 Å². The van der Waals surface area contributed by atoms with Crippen molar-refractivity contribution in [1.82, 2.24) is 5.32 Å². The number of carbonyl (C=O) groups excluding carboxylic acids is 2. The quantitative estimate of drug-likeness (QED) is 0.551. The van der Waals surface area contributed by atoms with Crippen LogP contribution in [0.4, 0.5) is 0 Å². The summed E-state index contributed by atoms with van der Waals surface area (Å²) in [6, 6.07) is 8.82. The molecule has 7 nitrogen and oxygen atoms in total. The largest absolute Gasteiger partial charge is 0.466 e. The lowest BCUT2D eigenvalue weighted by molar-refractivity contribution is -0.139. The first-order valence-electron chi connectivity index (χ1n) is 8.61. The Bertz CT molecular complexity index is 870. The Kier molecular flexibility index (Phi) is 7.61. The maximum absolute atomic E-state index is 12.8. The Morgan fingerprint density at radius 3 is 2.57 bits per heavy atom. The van der Waals surface area contributed by atoms with Gasteiger partial charge in [-0.2, -0.15) is 5.26 Å². The Labute approximate surface area is 168 Å². The fraction of sp³-hybridized carbons (Fsp3) is 0.350. The summed E-state index contributed by atoms with van der Waals surface area (Å²) in [5.74, 6) is -2.00. The van der Waals surface area contributed by atoms with E-state index in [1.54, 1.807) is 38.1 Å². The molecule has 2 rings (SSSR count). The predicted molar refractivity (Wildman–Crippen MR) is 102 cm³/mol. The number of esters is 2. The molecular weight excluding hydrogens is 384 g/mol. The van der Waals surface area contributed by atoms with E-state index in [2.05, 4.69) is 5.32 Å². The van der Waals surface area contributed by atoms with E-state index in [9.17, 15) is 9.59 Å². The number of carbonyl (C=O) groups is 2. The zero-order valence-corrected chi connectivity index (χ0v) is 16.6. The predicted octanol–water partition coefficient (Wildman–Crippen LogP) is 2.83. The molecule has 148 valence electrons. The molecule has 1 aliphatic rings. The van der Waals surface area contributed by atoms with E-state index in [1.807, 2.05) is 6.07 Å². The monoisotopic (exact) mass is 404 g/mol. The summed E-state index contributed by atoms with van der Waals surface area (Å²) in [7, 11) is 1.27. The van der Waals surface area contributed by atoms with E-state index < -0.39 is 17.9 Å². The number of nitriles is 1.